The average Bonchev–Trinajstić information content (AvgIpc) is 2.23. The molecule has 0 unspecified atom stereocenters. The lowest BCUT2D eigenvalue weighted by molar-refractivity contribution is 0.580. The molecular formula is C13H9ClF3N. The van der Waals surface area contributed by atoms with Gasteiger partial charge in [0.15, 0.2) is 0 Å². The molecule has 0 saturated heterocycles. The van der Waals surface area contributed by atoms with Crippen LogP contribution in [0.3, 0.4) is 0 Å². The average molecular weight is 272 g/mol. The van der Waals surface area contributed by atoms with E-state index in [2.05, 4.69) is 5.32 Å². The summed E-state index contributed by atoms with van der Waals surface area (Å²) >= 11 is 5.68. The molecule has 18 heavy (non-hydrogen) atoms. The summed E-state index contributed by atoms with van der Waals surface area (Å²) in [6, 6.07) is 7.16. The summed E-state index contributed by atoms with van der Waals surface area (Å²) in [5.41, 5.74) is 0.873. The van der Waals surface area contributed by atoms with Crippen molar-refractivity contribution in [2.45, 2.75) is 6.54 Å². The lowest BCUT2D eigenvalue weighted by Gasteiger charge is -2.07. The number of anilines is 1. The van der Waals surface area contributed by atoms with Gasteiger partial charge in [0.1, 0.15) is 17.5 Å². The maximum Gasteiger partial charge on any atom is 0.126 e. The number of hydrogen-bond acceptors (Lipinski definition) is 1. The summed E-state index contributed by atoms with van der Waals surface area (Å²) < 4.78 is 38.9. The fourth-order valence-electron chi connectivity index (χ4n) is 1.57. The molecule has 1 nitrogen and oxygen atoms in total. The summed E-state index contributed by atoms with van der Waals surface area (Å²) in [6.45, 7) is 0.175. The molecule has 5 heteroatoms. The van der Waals surface area contributed by atoms with Crippen LogP contribution in [0.1, 0.15) is 5.56 Å². The molecule has 0 radical (unpaired) electrons. The Balaban J connectivity index is 2.11. The Morgan fingerprint density at radius 2 is 1.44 bits per heavy atom. The molecule has 0 aliphatic heterocycles. The maximum atomic E-state index is 13.0. The van der Waals surface area contributed by atoms with E-state index in [4.69, 9.17) is 11.6 Å². The Hall–Kier alpha value is -1.68. The summed E-state index contributed by atoms with van der Waals surface area (Å²) in [7, 11) is 0. The van der Waals surface area contributed by atoms with Crippen LogP contribution in [0.15, 0.2) is 36.4 Å². The van der Waals surface area contributed by atoms with Crippen LogP contribution in [-0.2, 0) is 6.54 Å². The Kier molecular flexibility index (Phi) is 3.77. The van der Waals surface area contributed by atoms with E-state index in [-0.39, 0.29) is 11.6 Å². The minimum Gasteiger partial charge on any atom is -0.381 e. The first-order valence-electron chi connectivity index (χ1n) is 5.18. The van der Waals surface area contributed by atoms with Gasteiger partial charge in [0.2, 0.25) is 0 Å². The predicted molar refractivity (Wildman–Crippen MR) is 65.1 cm³/mol. The monoisotopic (exact) mass is 271 g/mol. The Morgan fingerprint density at radius 3 is 2.06 bits per heavy atom. The highest BCUT2D eigenvalue weighted by Crippen LogP contribution is 2.19. The first-order valence-corrected chi connectivity index (χ1v) is 5.56. The van der Waals surface area contributed by atoms with E-state index in [1.165, 1.54) is 30.3 Å². The van der Waals surface area contributed by atoms with Crippen molar-refractivity contribution in [1.82, 2.24) is 0 Å². The molecule has 2 aromatic rings. The van der Waals surface area contributed by atoms with Gasteiger partial charge < -0.3 is 5.32 Å². The second-order valence-corrected chi connectivity index (χ2v) is 4.23. The summed E-state index contributed by atoms with van der Waals surface area (Å²) in [5.74, 6) is -1.77. The fourth-order valence-corrected chi connectivity index (χ4v) is 1.79. The van der Waals surface area contributed by atoms with E-state index in [1.54, 1.807) is 0 Å². The first kappa shape index (κ1) is 12.8. The van der Waals surface area contributed by atoms with Crippen LogP contribution in [0.2, 0.25) is 5.02 Å². The molecule has 0 fully saturated rings. The zero-order valence-electron chi connectivity index (χ0n) is 9.18. The maximum absolute atomic E-state index is 13.0. The topological polar surface area (TPSA) is 12.0 Å². The van der Waals surface area contributed by atoms with Crippen molar-refractivity contribution in [2.75, 3.05) is 5.32 Å². The normalized spacial score (nSPS) is 10.4. The smallest absolute Gasteiger partial charge is 0.126 e. The highest BCUT2D eigenvalue weighted by molar-refractivity contribution is 6.30. The number of halogens is 4. The van der Waals surface area contributed by atoms with E-state index in [0.717, 1.165) is 6.07 Å². The molecule has 0 bridgehead atoms. The molecular weight excluding hydrogens is 263 g/mol. The lowest BCUT2D eigenvalue weighted by atomic mass is 10.2. The molecule has 0 aliphatic carbocycles. The lowest BCUT2D eigenvalue weighted by Crippen LogP contribution is -2.01. The number of benzene rings is 2. The van der Waals surface area contributed by atoms with Gasteiger partial charge in [-0.1, -0.05) is 11.6 Å². The van der Waals surface area contributed by atoms with Crippen LogP contribution in [-0.4, -0.2) is 0 Å². The third kappa shape index (κ3) is 3.40. The standard InChI is InChI=1S/C13H9ClF3N/c14-9-3-12(17)6-13(4-9)18-7-8-1-10(15)5-11(16)2-8/h1-6,18H,7H2. The second-order valence-electron chi connectivity index (χ2n) is 3.79. The van der Waals surface area contributed by atoms with Gasteiger partial charge in [-0.3, -0.25) is 0 Å². The molecule has 0 amide bonds. The van der Waals surface area contributed by atoms with Crippen molar-refractivity contribution in [1.29, 1.82) is 0 Å². The van der Waals surface area contributed by atoms with Gasteiger partial charge in [0.05, 0.1) is 0 Å². The van der Waals surface area contributed by atoms with Crippen molar-refractivity contribution >= 4 is 17.3 Å². The van der Waals surface area contributed by atoms with Gasteiger partial charge in [0.25, 0.3) is 0 Å². The molecule has 94 valence electrons. The van der Waals surface area contributed by atoms with Gasteiger partial charge in [-0.2, -0.15) is 0 Å². The number of rotatable bonds is 3. The summed E-state index contributed by atoms with van der Waals surface area (Å²) in [4.78, 5) is 0. The zero-order chi connectivity index (χ0) is 13.1. The van der Waals surface area contributed by atoms with E-state index < -0.39 is 17.5 Å². The highest BCUT2D eigenvalue weighted by atomic mass is 35.5. The molecule has 0 spiro atoms. The molecule has 1 N–H and O–H groups in total. The Bertz CT molecular complexity index is 480. The molecule has 2 rings (SSSR count). The van der Waals surface area contributed by atoms with Crippen LogP contribution < -0.4 is 5.32 Å². The fraction of sp³-hybridized carbons (Fsp3) is 0.0769. The van der Waals surface area contributed by atoms with Crippen molar-refractivity contribution in [3.8, 4) is 0 Å². The van der Waals surface area contributed by atoms with Crippen LogP contribution >= 0.6 is 11.6 Å². The van der Waals surface area contributed by atoms with Gasteiger partial charge in [-0.15, -0.1) is 0 Å². The highest BCUT2D eigenvalue weighted by Gasteiger charge is 2.02. The van der Waals surface area contributed by atoms with E-state index in [9.17, 15) is 13.2 Å². The Labute approximate surface area is 107 Å². The quantitative estimate of drug-likeness (QED) is 0.874. The van der Waals surface area contributed by atoms with Crippen LogP contribution in [0.5, 0.6) is 0 Å². The van der Waals surface area contributed by atoms with Crippen LogP contribution in [0, 0.1) is 17.5 Å². The third-order valence-electron chi connectivity index (χ3n) is 2.28. The van der Waals surface area contributed by atoms with Crippen molar-refractivity contribution < 1.29 is 13.2 Å². The molecule has 2 aromatic carbocycles. The third-order valence-corrected chi connectivity index (χ3v) is 2.50. The molecule has 0 atom stereocenters. The van der Waals surface area contributed by atoms with Gasteiger partial charge in [-0.05, 0) is 35.9 Å². The van der Waals surface area contributed by atoms with Gasteiger partial charge >= 0.3 is 0 Å². The molecule has 0 heterocycles. The van der Waals surface area contributed by atoms with Crippen molar-refractivity contribution in [3.05, 3.63) is 64.4 Å². The van der Waals surface area contributed by atoms with Gasteiger partial charge in [-0.25, -0.2) is 13.2 Å². The van der Waals surface area contributed by atoms with Gasteiger partial charge in [0, 0.05) is 23.3 Å². The minimum absolute atomic E-state index is 0.175. The first-order chi connectivity index (χ1) is 8.52. The zero-order valence-corrected chi connectivity index (χ0v) is 9.94. The second kappa shape index (κ2) is 5.31. The Morgan fingerprint density at radius 1 is 0.833 bits per heavy atom. The van der Waals surface area contributed by atoms with Crippen LogP contribution in [0.25, 0.3) is 0 Å². The number of hydrogen-bond donors (Lipinski definition) is 1. The number of nitrogens with one attached hydrogen (secondary N) is 1. The van der Waals surface area contributed by atoms with Crippen molar-refractivity contribution in [2.24, 2.45) is 0 Å². The van der Waals surface area contributed by atoms with Crippen LogP contribution in [0.4, 0.5) is 18.9 Å². The largest absolute Gasteiger partial charge is 0.381 e. The molecule has 0 aliphatic rings. The molecule has 0 aromatic heterocycles. The summed E-state index contributed by atoms with van der Waals surface area (Å²) in [6.07, 6.45) is 0. The van der Waals surface area contributed by atoms with E-state index in [1.807, 2.05) is 0 Å². The molecule has 0 saturated carbocycles. The minimum atomic E-state index is -0.649. The van der Waals surface area contributed by atoms with E-state index in [0.29, 0.717) is 11.3 Å². The van der Waals surface area contributed by atoms with E-state index >= 15 is 0 Å². The van der Waals surface area contributed by atoms with Crippen molar-refractivity contribution in [3.63, 3.8) is 0 Å². The summed E-state index contributed by atoms with van der Waals surface area (Å²) in [5, 5.41) is 3.09. The SMILES string of the molecule is Fc1cc(F)cc(CNc2cc(F)cc(Cl)c2)c1. The predicted octanol–water partition coefficient (Wildman–Crippen LogP) is 4.37.